The molecule has 1 aliphatic heterocycles. The molecule has 1 saturated carbocycles. The van der Waals surface area contributed by atoms with Gasteiger partial charge in [-0.25, -0.2) is 0 Å². The Morgan fingerprint density at radius 1 is 1.40 bits per heavy atom. The van der Waals surface area contributed by atoms with Gasteiger partial charge in [-0.2, -0.15) is 0 Å². The second-order valence-electron chi connectivity index (χ2n) is 7.73. The zero-order chi connectivity index (χ0) is 18.0. The first-order valence-electron chi connectivity index (χ1n) is 9.34. The van der Waals surface area contributed by atoms with Crippen molar-refractivity contribution in [1.82, 2.24) is 5.32 Å². The summed E-state index contributed by atoms with van der Waals surface area (Å²) in [5, 5.41) is 22.4. The second kappa shape index (κ2) is 7.79. The van der Waals surface area contributed by atoms with Crippen LogP contribution < -0.4 is 10.1 Å². The fraction of sp³-hybridized carbons (Fsp3) is 0.632. The lowest BCUT2D eigenvalue weighted by Crippen LogP contribution is -2.49. The maximum Gasteiger partial charge on any atom is 0.475 e. The summed E-state index contributed by atoms with van der Waals surface area (Å²) in [7, 11) is -1.57. The summed E-state index contributed by atoms with van der Waals surface area (Å²) in [6, 6.07) is 6.01. The van der Waals surface area contributed by atoms with E-state index in [0.717, 1.165) is 36.1 Å². The highest BCUT2D eigenvalue weighted by Crippen LogP contribution is 2.39. The molecule has 6 heteroatoms. The van der Waals surface area contributed by atoms with Crippen LogP contribution in [0.1, 0.15) is 56.1 Å². The first kappa shape index (κ1) is 18.3. The van der Waals surface area contributed by atoms with Crippen molar-refractivity contribution in [3.63, 3.8) is 0 Å². The molecule has 25 heavy (non-hydrogen) atoms. The molecule has 1 aromatic rings. The van der Waals surface area contributed by atoms with Crippen LogP contribution in [0, 0.1) is 18.8 Å². The Bertz CT molecular complexity index is 621. The molecule has 0 aromatic heterocycles. The number of hydrogen-bond acceptors (Lipinski definition) is 4. The normalized spacial score (nSPS) is 26.5. The van der Waals surface area contributed by atoms with E-state index in [1.165, 1.54) is 6.42 Å². The van der Waals surface area contributed by atoms with Crippen molar-refractivity contribution in [2.45, 2.75) is 57.8 Å². The van der Waals surface area contributed by atoms with Gasteiger partial charge in [0, 0.05) is 17.4 Å². The third-order valence-electron chi connectivity index (χ3n) is 5.64. The monoisotopic (exact) mass is 345 g/mol. The molecular weight excluding hydrogens is 317 g/mol. The minimum absolute atomic E-state index is 0.0145. The maximum atomic E-state index is 12.6. The average Bonchev–Trinajstić information content (AvgIpc) is 2.98. The van der Waals surface area contributed by atoms with Crippen molar-refractivity contribution in [2.75, 3.05) is 6.61 Å². The molecule has 3 N–H and O–H groups in total. The van der Waals surface area contributed by atoms with Crippen LogP contribution >= 0.6 is 0 Å². The van der Waals surface area contributed by atoms with Crippen LogP contribution in [-0.2, 0) is 4.79 Å². The molecule has 1 aromatic carbocycles. The third-order valence-corrected chi connectivity index (χ3v) is 5.64. The minimum atomic E-state index is -1.57. The average molecular weight is 345 g/mol. The number of rotatable bonds is 5. The lowest BCUT2D eigenvalue weighted by Gasteiger charge is -2.28. The summed E-state index contributed by atoms with van der Waals surface area (Å²) in [6.07, 6.45) is 4.47. The van der Waals surface area contributed by atoms with Crippen molar-refractivity contribution in [2.24, 2.45) is 11.8 Å². The highest BCUT2D eigenvalue weighted by Gasteiger charge is 2.35. The molecule has 0 radical (unpaired) electrons. The Morgan fingerprint density at radius 3 is 2.92 bits per heavy atom. The Balaban J connectivity index is 1.65. The zero-order valence-electron chi connectivity index (χ0n) is 15.1. The molecule has 3 rings (SSSR count). The molecule has 1 amide bonds. The van der Waals surface area contributed by atoms with Crippen LogP contribution in [0.15, 0.2) is 18.2 Å². The lowest BCUT2D eigenvalue weighted by atomic mass is 9.73. The van der Waals surface area contributed by atoms with E-state index < -0.39 is 13.1 Å². The fourth-order valence-corrected chi connectivity index (χ4v) is 4.20. The first-order chi connectivity index (χ1) is 12.0. The van der Waals surface area contributed by atoms with Crippen LogP contribution in [0.25, 0.3) is 0 Å². The molecule has 0 spiro atoms. The van der Waals surface area contributed by atoms with E-state index in [-0.39, 0.29) is 17.7 Å². The predicted molar refractivity (Wildman–Crippen MR) is 97.3 cm³/mol. The zero-order valence-corrected chi connectivity index (χ0v) is 15.1. The van der Waals surface area contributed by atoms with E-state index in [1.54, 1.807) is 0 Å². The van der Waals surface area contributed by atoms with Crippen molar-refractivity contribution in [3.05, 3.63) is 29.3 Å². The van der Waals surface area contributed by atoms with Gasteiger partial charge in [-0.1, -0.05) is 38.0 Å². The predicted octanol–water partition coefficient (Wildman–Crippen LogP) is 2.18. The molecule has 2 aliphatic rings. The standard InChI is InChI=1S/C19H28BNO4/c1-12-5-3-7-14(9-12)19(22)21-17(20(23)24)10-15-11-25-18-13(2)6-4-8-16(15)18/h4,6,8,12,14-15,17,23-24H,3,5,7,9-11H2,1-2H3,(H,21,22)/t12-,14+,15-,17+/m1/s1. The third kappa shape index (κ3) is 4.18. The summed E-state index contributed by atoms with van der Waals surface area (Å²) < 4.78 is 5.78. The van der Waals surface area contributed by atoms with Gasteiger partial charge in [0.05, 0.1) is 12.5 Å². The quantitative estimate of drug-likeness (QED) is 0.715. The van der Waals surface area contributed by atoms with Gasteiger partial charge in [0.1, 0.15) is 5.75 Å². The Morgan fingerprint density at radius 2 is 2.20 bits per heavy atom. The van der Waals surface area contributed by atoms with Gasteiger partial charge in [0.2, 0.25) is 5.91 Å². The molecule has 0 saturated heterocycles. The van der Waals surface area contributed by atoms with Crippen LogP contribution in [-0.4, -0.2) is 35.6 Å². The summed E-state index contributed by atoms with van der Waals surface area (Å²) >= 11 is 0. The molecular formula is C19H28BNO4. The Labute approximate surface area is 149 Å². The summed E-state index contributed by atoms with van der Waals surface area (Å²) in [5.74, 6) is 0.774. The number of amides is 1. The number of carbonyl (C=O) groups excluding carboxylic acids is 1. The lowest BCUT2D eigenvalue weighted by molar-refractivity contribution is -0.126. The fourth-order valence-electron chi connectivity index (χ4n) is 4.20. The molecule has 1 aliphatic carbocycles. The molecule has 1 heterocycles. The van der Waals surface area contributed by atoms with Gasteiger partial charge < -0.3 is 20.1 Å². The number of nitrogens with one attached hydrogen (secondary N) is 1. The van der Waals surface area contributed by atoms with E-state index in [4.69, 9.17) is 4.74 Å². The first-order valence-corrected chi connectivity index (χ1v) is 9.34. The van der Waals surface area contributed by atoms with E-state index in [1.807, 2.05) is 25.1 Å². The number of para-hydroxylation sites is 1. The Hall–Kier alpha value is -1.53. The van der Waals surface area contributed by atoms with Gasteiger partial charge in [0.25, 0.3) is 0 Å². The largest absolute Gasteiger partial charge is 0.492 e. The van der Waals surface area contributed by atoms with Gasteiger partial charge >= 0.3 is 7.12 Å². The highest BCUT2D eigenvalue weighted by molar-refractivity contribution is 6.43. The number of aryl methyl sites for hydroxylation is 1. The number of hydrogen-bond donors (Lipinski definition) is 3. The van der Waals surface area contributed by atoms with E-state index in [9.17, 15) is 14.8 Å². The van der Waals surface area contributed by atoms with Crippen molar-refractivity contribution in [1.29, 1.82) is 0 Å². The van der Waals surface area contributed by atoms with Crippen LogP contribution in [0.5, 0.6) is 5.75 Å². The van der Waals surface area contributed by atoms with Crippen molar-refractivity contribution >= 4 is 13.0 Å². The molecule has 0 bridgehead atoms. The van der Waals surface area contributed by atoms with E-state index in [0.29, 0.717) is 18.9 Å². The molecule has 5 nitrogen and oxygen atoms in total. The summed E-state index contributed by atoms with van der Waals surface area (Å²) in [4.78, 5) is 12.6. The van der Waals surface area contributed by atoms with Crippen LogP contribution in [0.3, 0.4) is 0 Å². The molecule has 4 atom stereocenters. The van der Waals surface area contributed by atoms with Gasteiger partial charge in [-0.3, -0.25) is 4.79 Å². The summed E-state index contributed by atoms with van der Waals surface area (Å²) in [5.41, 5.74) is 2.17. The van der Waals surface area contributed by atoms with Crippen molar-refractivity contribution < 1.29 is 19.6 Å². The van der Waals surface area contributed by atoms with Crippen molar-refractivity contribution in [3.8, 4) is 5.75 Å². The van der Waals surface area contributed by atoms with E-state index in [2.05, 4.69) is 12.2 Å². The minimum Gasteiger partial charge on any atom is -0.492 e. The number of ether oxygens (including phenoxy) is 1. The topological polar surface area (TPSA) is 78.8 Å². The van der Waals surface area contributed by atoms with E-state index >= 15 is 0 Å². The van der Waals surface area contributed by atoms with Crippen LogP contribution in [0.2, 0.25) is 0 Å². The SMILES string of the molecule is Cc1cccc2c1OC[C@H]2C[C@H](NC(=O)[C@H]1CCC[C@@H](C)C1)B(O)O. The molecule has 136 valence electrons. The smallest absolute Gasteiger partial charge is 0.475 e. The second-order valence-corrected chi connectivity index (χ2v) is 7.73. The molecule has 1 fully saturated rings. The highest BCUT2D eigenvalue weighted by atomic mass is 16.5. The van der Waals surface area contributed by atoms with Gasteiger partial charge in [-0.15, -0.1) is 0 Å². The molecule has 0 unspecified atom stereocenters. The van der Waals surface area contributed by atoms with Gasteiger partial charge in [-0.05, 0) is 37.7 Å². The summed E-state index contributed by atoms with van der Waals surface area (Å²) in [6.45, 7) is 4.69. The van der Waals surface area contributed by atoms with Crippen LogP contribution in [0.4, 0.5) is 0 Å². The Kier molecular flexibility index (Phi) is 5.69. The number of fused-ring (bicyclic) bond motifs is 1. The number of benzene rings is 1. The van der Waals surface area contributed by atoms with Gasteiger partial charge in [0.15, 0.2) is 0 Å². The number of carbonyl (C=O) groups is 1. The maximum absolute atomic E-state index is 12.6.